The van der Waals surface area contributed by atoms with E-state index in [2.05, 4.69) is 20.8 Å². The Hall–Kier alpha value is -1.36. The summed E-state index contributed by atoms with van der Waals surface area (Å²) >= 11 is 0. The standard InChI is InChI=1S/C11H18N4O/c1-2-8-7-10(15-14-8)13-11(16)9-5-3-4-6-12-9/h7,9,12H,2-6H2,1H3,(H2,13,14,15,16)/t9-/m1/s1. The molecule has 0 aromatic carbocycles. The number of carbonyl (C=O) groups excluding carboxylic acids is 1. The van der Waals surface area contributed by atoms with Gasteiger partial charge in [0.1, 0.15) is 0 Å². The number of aromatic amines is 1. The van der Waals surface area contributed by atoms with Gasteiger partial charge >= 0.3 is 0 Å². The van der Waals surface area contributed by atoms with Gasteiger partial charge < -0.3 is 10.6 Å². The number of nitrogens with one attached hydrogen (secondary N) is 3. The van der Waals surface area contributed by atoms with E-state index in [-0.39, 0.29) is 11.9 Å². The van der Waals surface area contributed by atoms with E-state index >= 15 is 0 Å². The molecule has 0 radical (unpaired) electrons. The molecular weight excluding hydrogens is 204 g/mol. The Morgan fingerprint density at radius 1 is 1.62 bits per heavy atom. The number of rotatable bonds is 3. The topological polar surface area (TPSA) is 69.8 Å². The fourth-order valence-electron chi connectivity index (χ4n) is 1.90. The third-order valence-electron chi connectivity index (χ3n) is 2.89. The third-order valence-corrected chi connectivity index (χ3v) is 2.89. The van der Waals surface area contributed by atoms with Gasteiger partial charge in [0.2, 0.25) is 5.91 Å². The zero-order valence-electron chi connectivity index (χ0n) is 9.55. The van der Waals surface area contributed by atoms with Crippen LogP contribution in [0.25, 0.3) is 0 Å². The maximum absolute atomic E-state index is 11.8. The molecule has 2 rings (SSSR count). The smallest absolute Gasteiger partial charge is 0.242 e. The molecule has 0 aliphatic carbocycles. The van der Waals surface area contributed by atoms with Crippen LogP contribution in [-0.2, 0) is 11.2 Å². The predicted molar refractivity (Wildman–Crippen MR) is 62.2 cm³/mol. The largest absolute Gasteiger partial charge is 0.308 e. The van der Waals surface area contributed by atoms with Crippen molar-refractivity contribution in [1.29, 1.82) is 0 Å². The third kappa shape index (κ3) is 2.61. The lowest BCUT2D eigenvalue weighted by atomic mass is 10.0. The summed E-state index contributed by atoms with van der Waals surface area (Å²) in [5, 5.41) is 12.9. The minimum atomic E-state index is -0.0597. The van der Waals surface area contributed by atoms with E-state index < -0.39 is 0 Å². The minimum Gasteiger partial charge on any atom is -0.308 e. The Labute approximate surface area is 95.0 Å². The fraction of sp³-hybridized carbons (Fsp3) is 0.636. The highest BCUT2D eigenvalue weighted by Crippen LogP contribution is 2.10. The van der Waals surface area contributed by atoms with Gasteiger partial charge in [-0.3, -0.25) is 9.89 Å². The molecule has 1 aromatic heterocycles. The summed E-state index contributed by atoms with van der Waals surface area (Å²) in [6, 6.07) is 1.82. The first kappa shape index (κ1) is 11.1. The van der Waals surface area contributed by atoms with Gasteiger partial charge in [-0.15, -0.1) is 0 Å². The van der Waals surface area contributed by atoms with Gasteiger partial charge in [-0.1, -0.05) is 13.3 Å². The molecule has 3 N–H and O–H groups in total. The molecule has 1 fully saturated rings. The van der Waals surface area contributed by atoms with Crippen molar-refractivity contribution < 1.29 is 4.79 Å². The molecule has 0 unspecified atom stereocenters. The Bertz CT molecular complexity index is 355. The maximum atomic E-state index is 11.8. The van der Waals surface area contributed by atoms with Gasteiger partial charge in [-0.2, -0.15) is 5.10 Å². The number of aryl methyl sites for hydroxylation is 1. The van der Waals surface area contributed by atoms with Crippen LogP contribution in [0.1, 0.15) is 31.9 Å². The van der Waals surface area contributed by atoms with Crippen LogP contribution in [0.2, 0.25) is 0 Å². The van der Waals surface area contributed by atoms with Crippen LogP contribution in [0.4, 0.5) is 5.82 Å². The second kappa shape index (κ2) is 5.12. The fourth-order valence-corrected chi connectivity index (χ4v) is 1.90. The molecule has 16 heavy (non-hydrogen) atoms. The molecule has 1 atom stereocenters. The quantitative estimate of drug-likeness (QED) is 0.716. The molecule has 0 spiro atoms. The Kier molecular flexibility index (Phi) is 3.56. The summed E-state index contributed by atoms with van der Waals surface area (Å²) in [6.07, 6.45) is 4.08. The maximum Gasteiger partial charge on any atom is 0.242 e. The lowest BCUT2D eigenvalue weighted by molar-refractivity contribution is -0.118. The van der Waals surface area contributed by atoms with E-state index in [4.69, 9.17) is 0 Å². The van der Waals surface area contributed by atoms with E-state index in [0.717, 1.165) is 37.9 Å². The van der Waals surface area contributed by atoms with Crippen molar-refractivity contribution in [2.45, 2.75) is 38.6 Å². The summed E-state index contributed by atoms with van der Waals surface area (Å²) in [5.41, 5.74) is 1.03. The van der Waals surface area contributed by atoms with Crippen molar-refractivity contribution >= 4 is 11.7 Å². The Morgan fingerprint density at radius 2 is 2.50 bits per heavy atom. The van der Waals surface area contributed by atoms with E-state index in [1.165, 1.54) is 0 Å². The number of carbonyl (C=O) groups is 1. The molecule has 1 saturated heterocycles. The van der Waals surface area contributed by atoms with Crippen LogP contribution in [-0.4, -0.2) is 28.7 Å². The second-order valence-corrected chi connectivity index (χ2v) is 4.12. The van der Waals surface area contributed by atoms with E-state index in [1.807, 2.05) is 13.0 Å². The van der Waals surface area contributed by atoms with Crippen LogP contribution in [0.15, 0.2) is 6.07 Å². The van der Waals surface area contributed by atoms with Gasteiger partial charge in [-0.25, -0.2) is 0 Å². The van der Waals surface area contributed by atoms with E-state index in [1.54, 1.807) is 0 Å². The number of nitrogens with zero attached hydrogens (tertiary/aromatic N) is 1. The van der Waals surface area contributed by atoms with Crippen LogP contribution < -0.4 is 10.6 Å². The molecule has 5 heteroatoms. The van der Waals surface area contributed by atoms with Crippen LogP contribution in [0.3, 0.4) is 0 Å². The molecule has 5 nitrogen and oxygen atoms in total. The van der Waals surface area contributed by atoms with Gasteiger partial charge in [0.05, 0.1) is 6.04 Å². The molecule has 1 aliphatic heterocycles. The second-order valence-electron chi connectivity index (χ2n) is 4.12. The zero-order valence-corrected chi connectivity index (χ0v) is 9.55. The average molecular weight is 222 g/mol. The Morgan fingerprint density at radius 3 is 3.12 bits per heavy atom. The number of anilines is 1. The number of amides is 1. The number of hydrogen-bond donors (Lipinski definition) is 3. The molecule has 1 aliphatic rings. The summed E-state index contributed by atoms with van der Waals surface area (Å²) in [4.78, 5) is 11.8. The van der Waals surface area contributed by atoms with E-state index in [0.29, 0.717) is 5.82 Å². The normalized spacial score (nSPS) is 20.7. The number of H-pyrrole nitrogens is 1. The van der Waals surface area contributed by atoms with Gasteiger partial charge in [0.25, 0.3) is 0 Å². The van der Waals surface area contributed by atoms with Crippen molar-refractivity contribution in [3.8, 4) is 0 Å². The first-order chi connectivity index (χ1) is 7.79. The highest BCUT2D eigenvalue weighted by molar-refractivity contribution is 5.94. The molecule has 2 heterocycles. The summed E-state index contributed by atoms with van der Waals surface area (Å²) in [7, 11) is 0. The van der Waals surface area contributed by atoms with Gasteiger partial charge in [0.15, 0.2) is 5.82 Å². The first-order valence-electron chi connectivity index (χ1n) is 5.88. The van der Waals surface area contributed by atoms with Crippen molar-refractivity contribution in [3.63, 3.8) is 0 Å². The monoisotopic (exact) mass is 222 g/mol. The van der Waals surface area contributed by atoms with Crippen molar-refractivity contribution in [1.82, 2.24) is 15.5 Å². The number of piperidine rings is 1. The van der Waals surface area contributed by atoms with Gasteiger partial charge in [0, 0.05) is 11.8 Å². The van der Waals surface area contributed by atoms with Crippen LogP contribution in [0.5, 0.6) is 0 Å². The van der Waals surface area contributed by atoms with Crippen molar-refractivity contribution in [2.24, 2.45) is 0 Å². The SMILES string of the molecule is CCc1cc(NC(=O)[C@H]2CCCCN2)n[nH]1. The van der Waals surface area contributed by atoms with Crippen molar-refractivity contribution in [3.05, 3.63) is 11.8 Å². The highest BCUT2D eigenvalue weighted by atomic mass is 16.2. The number of aromatic nitrogens is 2. The van der Waals surface area contributed by atoms with Crippen LogP contribution >= 0.6 is 0 Å². The number of hydrogen-bond acceptors (Lipinski definition) is 3. The molecule has 1 amide bonds. The Balaban J connectivity index is 1.90. The minimum absolute atomic E-state index is 0.0221. The lowest BCUT2D eigenvalue weighted by Gasteiger charge is -2.21. The molecule has 0 bridgehead atoms. The molecule has 0 saturated carbocycles. The van der Waals surface area contributed by atoms with Crippen LogP contribution in [0, 0.1) is 0 Å². The summed E-state index contributed by atoms with van der Waals surface area (Å²) in [5.74, 6) is 0.642. The van der Waals surface area contributed by atoms with Crippen molar-refractivity contribution in [2.75, 3.05) is 11.9 Å². The van der Waals surface area contributed by atoms with Gasteiger partial charge in [-0.05, 0) is 25.8 Å². The predicted octanol–water partition coefficient (Wildman–Crippen LogP) is 1.05. The molecule has 88 valence electrons. The van der Waals surface area contributed by atoms with E-state index in [9.17, 15) is 4.79 Å². The summed E-state index contributed by atoms with van der Waals surface area (Å²) < 4.78 is 0. The summed E-state index contributed by atoms with van der Waals surface area (Å²) in [6.45, 7) is 2.97. The zero-order chi connectivity index (χ0) is 11.4. The molecular formula is C11H18N4O. The highest BCUT2D eigenvalue weighted by Gasteiger charge is 2.20. The first-order valence-corrected chi connectivity index (χ1v) is 5.88. The lowest BCUT2D eigenvalue weighted by Crippen LogP contribution is -2.43. The average Bonchev–Trinajstić information content (AvgIpc) is 2.78. The molecule has 1 aromatic rings.